The number of nitrogens with one attached hydrogen (secondary N) is 2. The van der Waals surface area contributed by atoms with Gasteiger partial charge in [0.15, 0.2) is 0 Å². The molecule has 26 heavy (non-hydrogen) atoms. The number of rotatable bonds is 6. The van der Waals surface area contributed by atoms with Gasteiger partial charge >= 0.3 is 0 Å². The van der Waals surface area contributed by atoms with E-state index in [1.807, 2.05) is 24.3 Å². The predicted molar refractivity (Wildman–Crippen MR) is 103 cm³/mol. The van der Waals surface area contributed by atoms with Crippen LogP contribution in [-0.4, -0.2) is 14.3 Å². The van der Waals surface area contributed by atoms with Crippen LogP contribution in [0.15, 0.2) is 84.3 Å². The SMILES string of the molecule is C=CC(=O)NCc1ccc(NS(=O)(=O)c2ccc3ccccc3c2)cc1. The molecule has 2 N–H and O–H groups in total. The fraction of sp³-hybridized carbons (Fsp3) is 0.0500. The number of hydrogen-bond acceptors (Lipinski definition) is 3. The minimum absolute atomic E-state index is 0.207. The zero-order valence-electron chi connectivity index (χ0n) is 14.0. The molecule has 6 heteroatoms. The summed E-state index contributed by atoms with van der Waals surface area (Å²) in [6, 6.07) is 19.4. The monoisotopic (exact) mass is 366 g/mol. The summed E-state index contributed by atoms with van der Waals surface area (Å²) >= 11 is 0. The quantitative estimate of drug-likeness (QED) is 0.656. The number of benzene rings is 3. The van der Waals surface area contributed by atoms with Crippen molar-refractivity contribution in [2.75, 3.05) is 4.72 Å². The van der Waals surface area contributed by atoms with E-state index in [1.54, 1.807) is 42.5 Å². The van der Waals surface area contributed by atoms with Crippen LogP contribution in [0.4, 0.5) is 5.69 Å². The molecule has 0 heterocycles. The van der Waals surface area contributed by atoms with E-state index in [-0.39, 0.29) is 10.8 Å². The minimum Gasteiger partial charge on any atom is -0.348 e. The molecule has 0 bridgehead atoms. The van der Waals surface area contributed by atoms with Gasteiger partial charge in [-0.25, -0.2) is 8.42 Å². The van der Waals surface area contributed by atoms with Gasteiger partial charge < -0.3 is 5.32 Å². The zero-order chi connectivity index (χ0) is 18.6. The summed E-state index contributed by atoms with van der Waals surface area (Å²) in [4.78, 5) is 11.4. The number of sulfonamides is 1. The van der Waals surface area contributed by atoms with Crippen molar-refractivity contribution in [2.45, 2.75) is 11.4 Å². The molecule has 3 rings (SSSR count). The van der Waals surface area contributed by atoms with Gasteiger partial charge in [-0.15, -0.1) is 0 Å². The summed E-state index contributed by atoms with van der Waals surface area (Å²) < 4.78 is 27.8. The molecular weight excluding hydrogens is 348 g/mol. The lowest BCUT2D eigenvalue weighted by molar-refractivity contribution is -0.116. The molecule has 0 aliphatic heterocycles. The van der Waals surface area contributed by atoms with Gasteiger partial charge in [0.2, 0.25) is 5.91 Å². The first-order valence-corrected chi connectivity index (χ1v) is 9.47. The first kappa shape index (κ1) is 17.7. The fourth-order valence-corrected chi connectivity index (χ4v) is 3.59. The van der Waals surface area contributed by atoms with E-state index in [0.717, 1.165) is 16.3 Å². The van der Waals surface area contributed by atoms with Crippen LogP contribution in [-0.2, 0) is 21.4 Å². The van der Waals surface area contributed by atoms with Crippen LogP contribution in [0.3, 0.4) is 0 Å². The van der Waals surface area contributed by atoms with Crippen molar-refractivity contribution in [2.24, 2.45) is 0 Å². The summed E-state index contributed by atoms with van der Waals surface area (Å²) in [6.45, 7) is 3.74. The highest BCUT2D eigenvalue weighted by molar-refractivity contribution is 7.92. The molecule has 132 valence electrons. The van der Waals surface area contributed by atoms with Crippen molar-refractivity contribution < 1.29 is 13.2 Å². The first-order chi connectivity index (χ1) is 12.5. The van der Waals surface area contributed by atoms with Crippen molar-refractivity contribution >= 4 is 32.4 Å². The maximum absolute atomic E-state index is 12.6. The smallest absolute Gasteiger partial charge is 0.261 e. The van der Waals surface area contributed by atoms with Gasteiger partial charge in [-0.2, -0.15) is 0 Å². The molecule has 0 aromatic heterocycles. The second-order valence-electron chi connectivity index (χ2n) is 5.73. The maximum Gasteiger partial charge on any atom is 0.261 e. The Bertz CT molecular complexity index is 1060. The molecule has 0 saturated heterocycles. The molecule has 0 atom stereocenters. The summed E-state index contributed by atoms with van der Waals surface area (Å²) in [5.74, 6) is -0.258. The third kappa shape index (κ3) is 4.10. The lowest BCUT2D eigenvalue weighted by Gasteiger charge is -2.10. The fourth-order valence-electron chi connectivity index (χ4n) is 2.50. The Hall–Kier alpha value is -3.12. The largest absolute Gasteiger partial charge is 0.348 e. The Morgan fingerprint density at radius 1 is 0.962 bits per heavy atom. The highest BCUT2D eigenvalue weighted by Gasteiger charge is 2.14. The lowest BCUT2D eigenvalue weighted by Crippen LogP contribution is -2.19. The minimum atomic E-state index is -3.68. The molecule has 0 aliphatic rings. The Kier molecular flexibility index (Phi) is 5.04. The van der Waals surface area contributed by atoms with Crippen LogP contribution in [0.2, 0.25) is 0 Å². The molecule has 0 radical (unpaired) electrons. The highest BCUT2D eigenvalue weighted by Crippen LogP contribution is 2.21. The summed E-state index contributed by atoms with van der Waals surface area (Å²) in [6.07, 6.45) is 1.20. The van der Waals surface area contributed by atoms with Crippen LogP contribution in [0.1, 0.15) is 5.56 Å². The predicted octanol–water partition coefficient (Wildman–Crippen LogP) is 3.44. The molecule has 0 fully saturated rings. The van der Waals surface area contributed by atoms with Gasteiger partial charge in [-0.05, 0) is 46.7 Å². The van der Waals surface area contributed by atoms with Gasteiger partial charge in [0, 0.05) is 12.2 Å². The average molecular weight is 366 g/mol. The van der Waals surface area contributed by atoms with Crippen molar-refractivity contribution in [1.82, 2.24) is 5.32 Å². The van der Waals surface area contributed by atoms with E-state index in [2.05, 4.69) is 16.6 Å². The molecule has 0 saturated carbocycles. The molecular formula is C20H18N2O3S. The van der Waals surface area contributed by atoms with Gasteiger partial charge in [0.05, 0.1) is 4.90 Å². The van der Waals surface area contributed by atoms with Gasteiger partial charge in [0.25, 0.3) is 10.0 Å². The molecule has 1 amide bonds. The van der Waals surface area contributed by atoms with E-state index in [1.165, 1.54) is 6.08 Å². The van der Waals surface area contributed by atoms with E-state index in [9.17, 15) is 13.2 Å². The van der Waals surface area contributed by atoms with Crippen LogP contribution in [0.25, 0.3) is 10.8 Å². The molecule has 0 aliphatic carbocycles. The topological polar surface area (TPSA) is 75.3 Å². The summed E-state index contributed by atoms with van der Waals surface area (Å²) in [5, 5.41) is 4.51. The third-order valence-corrected chi connectivity index (χ3v) is 5.27. The normalized spacial score (nSPS) is 11.1. The van der Waals surface area contributed by atoms with Crippen molar-refractivity contribution in [3.63, 3.8) is 0 Å². The summed E-state index contributed by atoms with van der Waals surface area (Å²) in [5.41, 5.74) is 1.31. The number of amides is 1. The summed E-state index contributed by atoms with van der Waals surface area (Å²) in [7, 11) is -3.68. The third-order valence-electron chi connectivity index (χ3n) is 3.89. The number of hydrogen-bond donors (Lipinski definition) is 2. The van der Waals surface area contributed by atoms with Gasteiger partial charge in [-0.3, -0.25) is 9.52 Å². The molecule has 5 nitrogen and oxygen atoms in total. The highest BCUT2D eigenvalue weighted by atomic mass is 32.2. The maximum atomic E-state index is 12.6. The van der Waals surface area contributed by atoms with E-state index >= 15 is 0 Å². The standard InChI is InChI=1S/C20H18N2O3S/c1-2-20(23)21-14-15-7-10-18(11-8-15)22-26(24,25)19-12-9-16-5-3-4-6-17(16)13-19/h2-13,22H,1,14H2,(H,21,23). The number of carbonyl (C=O) groups is 1. The second-order valence-corrected chi connectivity index (χ2v) is 7.42. The van der Waals surface area contributed by atoms with E-state index in [0.29, 0.717) is 12.2 Å². The number of fused-ring (bicyclic) bond motifs is 1. The van der Waals surface area contributed by atoms with Gasteiger partial charge in [-0.1, -0.05) is 49.0 Å². The molecule has 0 spiro atoms. The molecule has 3 aromatic carbocycles. The van der Waals surface area contributed by atoms with Crippen molar-refractivity contribution in [1.29, 1.82) is 0 Å². The van der Waals surface area contributed by atoms with Gasteiger partial charge in [0.1, 0.15) is 0 Å². The second kappa shape index (κ2) is 7.41. The number of anilines is 1. The van der Waals surface area contributed by atoms with Crippen LogP contribution < -0.4 is 10.0 Å². The lowest BCUT2D eigenvalue weighted by atomic mass is 10.1. The van der Waals surface area contributed by atoms with Crippen LogP contribution in [0.5, 0.6) is 0 Å². The molecule has 3 aromatic rings. The average Bonchev–Trinajstić information content (AvgIpc) is 2.66. The van der Waals surface area contributed by atoms with Crippen molar-refractivity contribution in [3.8, 4) is 0 Å². The first-order valence-electron chi connectivity index (χ1n) is 7.99. The van der Waals surface area contributed by atoms with E-state index < -0.39 is 10.0 Å². The Labute approximate surface area is 152 Å². The van der Waals surface area contributed by atoms with Crippen LogP contribution >= 0.6 is 0 Å². The Morgan fingerprint density at radius 3 is 2.35 bits per heavy atom. The zero-order valence-corrected chi connectivity index (χ0v) is 14.8. The number of carbonyl (C=O) groups excluding carboxylic acids is 1. The molecule has 0 unspecified atom stereocenters. The van der Waals surface area contributed by atoms with Crippen LogP contribution in [0, 0.1) is 0 Å². The van der Waals surface area contributed by atoms with Crippen molar-refractivity contribution in [3.05, 3.63) is 84.9 Å². The Morgan fingerprint density at radius 2 is 1.65 bits per heavy atom. The van der Waals surface area contributed by atoms with E-state index in [4.69, 9.17) is 0 Å². The Balaban J connectivity index is 1.75.